The zero-order valence-electron chi connectivity index (χ0n) is 21.5. The zero-order chi connectivity index (χ0) is 27.5. The van der Waals surface area contributed by atoms with Crippen molar-refractivity contribution in [2.24, 2.45) is 4.99 Å². The summed E-state index contributed by atoms with van der Waals surface area (Å²) < 4.78 is 18.6. The maximum atomic E-state index is 13.8. The molecule has 1 aromatic heterocycles. The minimum Gasteiger partial charge on any atom is -0.496 e. The highest BCUT2D eigenvalue weighted by atomic mass is 35.5. The van der Waals surface area contributed by atoms with Crippen LogP contribution in [0, 0.1) is 0 Å². The number of ether oxygens (including phenoxy) is 3. The van der Waals surface area contributed by atoms with Crippen LogP contribution in [0.15, 0.2) is 93.9 Å². The smallest absolute Gasteiger partial charge is 0.338 e. The van der Waals surface area contributed by atoms with Gasteiger partial charge in [-0.2, -0.15) is 0 Å². The number of thiazole rings is 1. The summed E-state index contributed by atoms with van der Waals surface area (Å²) in [5.74, 6) is 0.790. The average molecular weight is 561 g/mol. The highest BCUT2D eigenvalue weighted by Gasteiger charge is 2.32. The van der Waals surface area contributed by atoms with Gasteiger partial charge in [0, 0.05) is 10.6 Å². The molecule has 0 bridgehead atoms. The third-order valence-electron chi connectivity index (χ3n) is 6.33. The molecular formula is C30H25ClN2O5S. The van der Waals surface area contributed by atoms with Crippen LogP contribution in [0.1, 0.15) is 29.7 Å². The Bertz CT molecular complexity index is 1760. The van der Waals surface area contributed by atoms with Crippen LogP contribution in [-0.2, 0) is 16.1 Å². The van der Waals surface area contributed by atoms with E-state index in [9.17, 15) is 9.59 Å². The summed E-state index contributed by atoms with van der Waals surface area (Å²) in [6.45, 7) is 2.01. The fraction of sp³-hybridized carbons (Fsp3) is 0.167. The van der Waals surface area contributed by atoms with Gasteiger partial charge in [-0.1, -0.05) is 65.4 Å². The number of nitrogens with zero attached hydrogens (tertiary/aromatic N) is 2. The van der Waals surface area contributed by atoms with E-state index < -0.39 is 12.0 Å². The molecule has 0 N–H and O–H groups in total. The second kappa shape index (κ2) is 11.3. The largest absolute Gasteiger partial charge is 0.496 e. The van der Waals surface area contributed by atoms with Crippen LogP contribution < -0.4 is 24.4 Å². The van der Waals surface area contributed by atoms with Crippen LogP contribution in [0.25, 0.3) is 6.08 Å². The van der Waals surface area contributed by atoms with Gasteiger partial charge in [-0.15, -0.1) is 0 Å². The van der Waals surface area contributed by atoms with Crippen LogP contribution in [0.3, 0.4) is 0 Å². The number of esters is 1. The highest BCUT2D eigenvalue weighted by molar-refractivity contribution is 7.07. The lowest BCUT2D eigenvalue weighted by Gasteiger charge is -2.24. The zero-order valence-corrected chi connectivity index (χ0v) is 23.1. The first-order valence-electron chi connectivity index (χ1n) is 12.1. The highest BCUT2D eigenvalue weighted by Crippen LogP contribution is 2.30. The lowest BCUT2D eigenvalue weighted by Crippen LogP contribution is -2.39. The number of halogens is 1. The molecule has 39 heavy (non-hydrogen) atoms. The Morgan fingerprint density at radius 2 is 1.87 bits per heavy atom. The van der Waals surface area contributed by atoms with Crippen LogP contribution >= 0.6 is 22.9 Å². The number of aromatic nitrogens is 1. The molecule has 3 aromatic carbocycles. The third kappa shape index (κ3) is 5.39. The Labute approximate surface area is 233 Å². The molecule has 0 spiro atoms. The van der Waals surface area contributed by atoms with Crippen molar-refractivity contribution >= 4 is 35.0 Å². The normalized spacial score (nSPS) is 15.0. The Hall–Kier alpha value is -4.14. The first-order valence-corrected chi connectivity index (χ1v) is 13.3. The number of carbonyl (C=O) groups excluding carboxylic acids is 1. The number of rotatable bonds is 7. The summed E-state index contributed by atoms with van der Waals surface area (Å²) in [6, 6.07) is 21.6. The van der Waals surface area contributed by atoms with Crippen molar-refractivity contribution in [2.75, 3.05) is 14.2 Å². The van der Waals surface area contributed by atoms with E-state index in [4.69, 9.17) is 25.8 Å². The molecule has 0 fully saturated rings. The van der Waals surface area contributed by atoms with E-state index in [2.05, 4.69) is 4.99 Å². The molecule has 2 heterocycles. The van der Waals surface area contributed by atoms with E-state index in [0.29, 0.717) is 37.1 Å². The van der Waals surface area contributed by atoms with Crippen LogP contribution in [0.4, 0.5) is 0 Å². The van der Waals surface area contributed by atoms with Gasteiger partial charge in [0.1, 0.15) is 18.1 Å². The fourth-order valence-corrected chi connectivity index (χ4v) is 5.74. The van der Waals surface area contributed by atoms with Crippen molar-refractivity contribution in [3.63, 3.8) is 0 Å². The van der Waals surface area contributed by atoms with Gasteiger partial charge in [0.2, 0.25) is 0 Å². The molecule has 1 aliphatic heterocycles. The van der Waals surface area contributed by atoms with Gasteiger partial charge >= 0.3 is 5.97 Å². The Morgan fingerprint density at radius 1 is 1.08 bits per heavy atom. The molecule has 0 saturated carbocycles. The fourth-order valence-electron chi connectivity index (χ4n) is 4.51. The van der Waals surface area contributed by atoms with Crippen molar-refractivity contribution in [3.05, 3.63) is 125 Å². The molecule has 4 aromatic rings. The molecule has 0 aliphatic carbocycles. The number of fused-ring (bicyclic) bond motifs is 1. The number of benzene rings is 3. The molecule has 0 unspecified atom stereocenters. The summed E-state index contributed by atoms with van der Waals surface area (Å²) >= 11 is 7.35. The van der Waals surface area contributed by atoms with E-state index >= 15 is 0 Å². The van der Waals surface area contributed by atoms with Crippen molar-refractivity contribution < 1.29 is 19.0 Å². The molecule has 198 valence electrons. The van der Waals surface area contributed by atoms with Gasteiger partial charge in [0.25, 0.3) is 5.56 Å². The van der Waals surface area contributed by atoms with Gasteiger partial charge < -0.3 is 14.2 Å². The summed E-state index contributed by atoms with van der Waals surface area (Å²) in [5.41, 5.74) is 3.02. The van der Waals surface area contributed by atoms with E-state index in [1.807, 2.05) is 66.7 Å². The standard InChI is InChI=1S/C30H25ClN2O5S/c1-18-26(29(35)37-3)27(20-8-5-4-6-9-20)33-28(34)25(39-30(33)32-18)15-19-12-13-24(36-2)21(14-19)17-38-23-11-7-10-22(31)16-23/h4-16,27H,17H2,1-3H3/b25-15+/t27-/m1/s1. The van der Waals surface area contributed by atoms with Gasteiger partial charge in [-0.05, 0) is 54.5 Å². The van der Waals surface area contributed by atoms with Crippen molar-refractivity contribution in [1.29, 1.82) is 0 Å². The molecular weight excluding hydrogens is 536 g/mol. The van der Waals surface area contributed by atoms with Gasteiger partial charge in [0.05, 0.1) is 36.1 Å². The van der Waals surface area contributed by atoms with Crippen LogP contribution in [0.2, 0.25) is 5.02 Å². The van der Waals surface area contributed by atoms with E-state index in [1.165, 1.54) is 18.4 Å². The molecule has 1 atom stereocenters. The monoisotopic (exact) mass is 560 g/mol. The molecule has 0 saturated heterocycles. The van der Waals surface area contributed by atoms with Gasteiger partial charge in [0.15, 0.2) is 4.80 Å². The number of hydrogen-bond acceptors (Lipinski definition) is 7. The number of methoxy groups -OCH3 is 2. The Kier molecular flexibility index (Phi) is 7.67. The lowest BCUT2D eigenvalue weighted by molar-refractivity contribution is -0.136. The Morgan fingerprint density at radius 3 is 2.59 bits per heavy atom. The second-order valence-corrected chi connectivity index (χ2v) is 10.2. The average Bonchev–Trinajstić information content (AvgIpc) is 3.25. The predicted octanol–water partition coefficient (Wildman–Crippen LogP) is 4.65. The Balaban J connectivity index is 1.57. The molecule has 0 amide bonds. The predicted molar refractivity (Wildman–Crippen MR) is 151 cm³/mol. The van der Waals surface area contributed by atoms with Crippen LogP contribution in [-0.4, -0.2) is 24.8 Å². The summed E-state index contributed by atoms with van der Waals surface area (Å²) in [7, 11) is 2.92. The van der Waals surface area contributed by atoms with E-state index in [0.717, 1.165) is 16.7 Å². The topological polar surface area (TPSA) is 79.1 Å². The van der Waals surface area contributed by atoms with E-state index in [1.54, 1.807) is 30.7 Å². The quantitative estimate of drug-likeness (QED) is 0.307. The second-order valence-electron chi connectivity index (χ2n) is 8.80. The number of allylic oxidation sites excluding steroid dienone is 1. The maximum absolute atomic E-state index is 13.8. The molecule has 1 aliphatic rings. The van der Waals surface area contributed by atoms with Gasteiger partial charge in [-0.25, -0.2) is 9.79 Å². The lowest BCUT2D eigenvalue weighted by atomic mass is 9.96. The SMILES string of the molecule is COC(=O)C1=C(C)N=c2s/c(=C/c3ccc(OC)c(COc4cccc(Cl)c4)c3)c(=O)n2[C@@H]1c1ccccc1. The summed E-state index contributed by atoms with van der Waals surface area (Å²) in [4.78, 5) is 31.6. The summed E-state index contributed by atoms with van der Waals surface area (Å²) in [6.07, 6.45) is 1.81. The molecule has 0 radical (unpaired) electrons. The number of hydrogen-bond donors (Lipinski definition) is 0. The maximum Gasteiger partial charge on any atom is 0.338 e. The van der Waals surface area contributed by atoms with Crippen molar-refractivity contribution in [3.8, 4) is 11.5 Å². The third-order valence-corrected chi connectivity index (χ3v) is 7.55. The van der Waals surface area contributed by atoms with Crippen molar-refractivity contribution in [1.82, 2.24) is 4.57 Å². The number of carbonyl (C=O) groups is 1. The van der Waals surface area contributed by atoms with E-state index in [-0.39, 0.29) is 12.2 Å². The molecule has 7 nitrogen and oxygen atoms in total. The summed E-state index contributed by atoms with van der Waals surface area (Å²) in [5, 5.41) is 0.586. The first kappa shape index (κ1) is 26.5. The molecule has 9 heteroatoms. The minimum atomic E-state index is -0.644. The van der Waals surface area contributed by atoms with Crippen molar-refractivity contribution in [2.45, 2.75) is 19.6 Å². The van der Waals surface area contributed by atoms with Gasteiger partial charge in [-0.3, -0.25) is 9.36 Å². The molecule has 5 rings (SSSR count). The minimum absolute atomic E-state index is 0.242. The first-order chi connectivity index (χ1) is 18.9. The van der Waals surface area contributed by atoms with Crippen LogP contribution in [0.5, 0.6) is 11.5 Å².